The van der Waals surface area contributed by atoms with E-state index in [0.29, 0.717) is 11.4 Å². The lowest BCUT2D eigenvalue weighted by molar-refractivity contribution is -0.131. The number of aromatic carboxylic acids is 1. The standard InChI is InChI=1S/C10H14N2O4S/c1-3-7(16-2)9(13)11-4-8-12-6(5-17-8)10(14)15/h5,7H,3-4H2,1-2H3,(H,11,13)(H,14,15). The van der Waals surface area contributed by atoms with Crippen molar-refractivity contribution in [2.45, 2.75) is 26.0 Å². The van der Waals surface area contributed by atoms with Crippen molar-refractivity contribution in [2.24, 2.45) is 0 Å². The summed E-state index contributed by atoms with van der Waals surface area (Å²) in [6.45, 7) is 2.07. The third-order valence-corrected chi connectivity index (χ3v) is 2.98. The van der Waals surface area contributed by atoms with Gasteiger partial charge in [0.2, 0.25) is 5.91 Å². The fraction of sp³-hybridized carbons (Fsp3) is 0.500. The highest BCUT2D eigenvalue weighted by molar-refractivity contribution is 7.09. The van der Waals surface area contributed by atoms with E-state index in [-0.39, 0.29) is 18.1 Å². The molecular weight excluding hydrogens is 244 g/mol. The molecule has 0 radical (unpaired) electrons. The molecule has 1 rings (SSSR count). The fourth-order valence-corrected chi connectivity index (χ4v) is 1.93. The summed E-state index contributed by atoms with van der Waals surface area (Å²) in [6, 6.07) is 0. The molecule has 17 heavy (non-hydrogen) atoms. The van der Waals surface area contributed by atoms with E-state index in [1.54, 1.807) is 0 Å². The van der Waals surface area contributed by atoms with Gasteiger partial charge in [0.1, 0.15) is 11.1 Å². The van der Waals surface area contributed by atoms with E-state index in [2.05, 4.69) is 10.3 Å². The molecule has 2 N–H and O–H groups in total. The number of carboxylic acid groups (broad SMARTS) is 1. The lowest BCUT2D eigenvalue weighted by Gasteiger charge is -2.11. The Labute approximate surface area is 103 Å². The van der Waals surface area contributed by atoms with Crippen molar-refractivity contribution in [1.82, 2.24) is 10.3 Å². The van der Waals surface area contributed by atoms with Gasteiger partial charge in [0.25, 0.3) is 0 Å². The number of carbonyl (C=O) groups is 2. The molecule has 1 unspecified atom stereocenters. The Morgan fingerprint density at radius 2 is 2.35 bits per heavy atom. The second kappa shape index (κ2) is 6.31. The average molecular weight is 258 g/mol. The maximum atomic E-state index is 11.5. The molecule has 94 valence electrons. The van der Waals surface area contributed by atoms with Crippen LogP contribution >= 0.6 is 11.3 Å². The van der Waals surface area contributed by atoms with Gasteiger partial charge in [-0.2, -0.15) is 0 Å². The zero-order valence-corrected chi connectivity index (χ0v) is 10.4. The number of rotatable bonds is 6. The van der Waals surface area contributed by atoms with Gasteiger partial charge in [-0.25, -0.2) is 9.78 Å². The monoisotopic (exact) mass is 258 g/mol. The van der Waals surface area contributed by atoms with Crippen LogP contribution < -0.4 is 5.32 Å². The van der Waals surface area contributed by atoms with Gasteiger partial charge in [-0.05, 0) is 6.42 Å². The fourth-order valence-electron chi connectivity index (χ4n) is 1.23. The van der Waals surface area contributed by atoms with E-state index >= 15 is 0 Å². The minimum Gasteiger partial charge on any atom is -0.476 e. The molecule has 0 aliphatic rings. The van der Waals surface area contributed by atoms with Crippen LogP contribution in [-0.2, 0) is 16.1 Å². The second-order valence-electron chi connectivity index (χ2n) is 3.28. The highest BCUT2D eigenvalue weighted by Crippen LogP contribution is 2.09. The Morgan fingerprint density at radius 3 is 2.82 bits per heavy atom. The van der Waals surface area contributed by atoms with Gasteiger partial charge < -0.3 is 15.2 Å². The predicted octanol–water partition coefficient (Wildman–Crippen LogP) is 0.883. The van der Waals surface area contributed by atoms with Crippen LogP contribution in [0.15, 0.2) is 5.38 Å². The number of nitrogens with zero attached hydrogens (tertiary/aromatic N) is 1. The smallest absolute Gasteiger partial charge is 0.355 e. The topological polar surface area (TPSA) is 88.5 Å². The van der Waals surface area contributed by atoms with Gasteiger partial charge in [-0.15, -0.1) is 11.3 Å². The number of carboxylic acids is 1. The van der Waals surface area contributed by atoms with Crippen LogP contribution in [0.5, 0.6) is 0 Å². The van der Waals surface area contributed by atoms with Crippen molar-refractivity contribution in [3.63, 3.8) is 0 Å². The quantitative estimate of drug-likeness (QED) is 0.790. The molecule has 0 fully saturated rings. The van der Waals surface area contributed by atoms with Gasteiger partial charge in [0.15, 0.2) is 5.69 Å². The minimum absolute atomic E-state index is 0.00182. The molecule has 1 aromatic rings. The number of aromatic nitrogens is 1. The summed E-state index contributed by atoms with van der Waals surface area (Å²) in [4.78, 5) is 26.0. The van der Waals surface area contributed by atoms with Crippen LogP contribution in [0, 0.1) is 0 Å². The molecule has 1 heterocycles. The van der Waals surface area contributed by atoms with Crippen molar-refractivity contribution in [1.29, 1.82) is 0 Å². The van der Waals surface area contributed by atoms with E-state index in [0.717, 1.165) is 0 Å². The molecule has 0 saturated carbocycles. The molecule has 0 aromatic carbocycles. The molecule has 0 spiro atoms. The van der Waals surface area contributed by atoms with Crippen LogP contribution in [0.3, 0.4) is 0 Å². The average Bonchev–Trinajstić information content (AvgIpc) is 2.76. The zero-order valence-electron chi connectivity index (χ0n) is 9.60. The molecule has 0 bridgehead atoms. The van der Waals surface area contributed by atoms with Crippen molar-refractivity contribution in [3.05, 3.63) is 16.1 Å². The normalized spacial score (nSPS) is 12.1. The summed E-state index contributed by atoms with van der Waals surface area (Å²) >= 11 is 1.20. The summed E-state index contributed by atoms with van der Waals surface area (Å²) < 4.78 is 4.97. The van der Waals surface area contributed by atoms with E-state index in [1.165, 1.54) is 23.8 Å². The number of amides is 1. The van der Waals surface area contributed by atoms with E-state index in [9.17, 15) is 9.59 Å². The lowest BCUT2D eigenvalue weighted by atomic mass is 10.2. The number of hydrogen-bond donors (Lipinski definition) is 2. The van der Waals surface area contributed by atoms with E-state index in [4.69, 9.17) is 9.84 Å². The van der Waals surface area contributed by atoms with Crippen molar-refractivity contribution >= 4 is 23.2 Å². The molecule has 0 aliphatic carbocycles. The number of carbonyl (C=O) groups excluding carboxylic acids is 1. The van der Waals surface area contributed by atoms with Crippen molar-refractivity contribution in [2.75, 3.05) is 7.11 Å². The minimum atomic E-state index is -1.07. The Hall–Kier alpha value is -1.47. The summed E-state index contributed by atoms with van der Waals surface area (Å²) in [5.74, 6) is -1.29. The first-order valence-electron chi connectivity index (χ1n) is 5.06. The summed E-state index contributed by atoms with van der Waals surface area (Å²) in [7, 11) is 1.47. The lowest BCUT2D eigenvalue weighted by Crippen LogP contribution is -2.34. The summed E-state index contributed by atoms with van der Waals surface area (Å²) in [5.41, 5.74) is -0.00182. The van der Waals surface area contributed by atoms with Crippen LogP contribution in [0.4, 0.5) is 0 Å². The Kier molecular flexibility index (Phi) is 5.05. The van der Waals surface area contributed by atoms with E-state index < -0.39 is 12.1 Å². The summed E-state index contributed by atoms with van der Waals surface area (Å²) in [5, 5.41) is 13.3. The number of nitrogens with one attached hydrogen (secondary N) is 1. The second-order valence-corrected chi connectivity index (χ2v) is 4.22. The number of ether oxygens (including phenoxy) is 1. The Bertz CT molecular complexity index is 401. The SMILES string of the molecule is CCC(OC)C(=O)NCc1nc(C(=O)O)cs1. The first-order valence-corrected chi connectivity index (χ1v) is 5.94. The molecule has 0 aliphatic heterocycles. The molecule has 1 amide bonds. The van der Waals surface area contributed by atoms with Gasteiger partial charge in [0.05, 0.1) is 6.54 Å². The summed E-state index contributed by atoms with van der Waals surface area (Å²) in [6.07, 6.45) is 0.106. The molecule has 6 nitrogen and oxygen atoms in total. The third-order valence-electron chi connectivity index (χ3n) is 2.13. The van der Waals surface area contributed by atoms with Crippen molar-refractivity contribution in [3.8, 4) is 0 Å². The van der Waals surface area contributed by atoms with Crippen LogP contribution in [0.2, 0.25) is 0 Å². The Balaban J connectivity index is 2.49. The Morgan fingerprint density at radius 1 is 1.65 bits per heavy atom. The molecule has 1 atom stereocenters. The zero-order chi connectivity index (χ0) is 12.8. The highest BCUT2D eigenvalue weighted by Gasteiger charge is 2.15. The van der Waals surface area contributed by atoms with Crippen molar-refractivity contribution < 1.29 is 19.4 Å². The molecule has 0 saturated heterocycles. The largest absolute Gasteiger partial charge is 0.476 e. The molecule has 1 aromatic heterocycles. The van der Waals surface area contributed by atoms with Crippen LogP contribution in [0.1, 0.15) is 28.8 Å². The third kappa shape index (κ3) is 3.79. The highest BCUT2D eigenvalue weighted by atomic mass is 32.1. The maximum Gasteiger partial charge on any atom is 0.355 e. The van der Waals surface area contributed by atoms with Gasteiger partial charge in [-0.1, -0.05) is 6.92 Å². The van der Waals surface area contributed by atoms with Gasteiger partial charge in [0, 0.05) is 12.5 Å². The number of thiazole rings is 1. The van der Waals surface area contributed by atoms with E-state index in [1.807, 2.05) is 6.92 Å². The number of hydrogen-bond acceptors (Lipinski definition) is 5. The van der Waals surface area contributed by atoms with Gasteiger partial charge in [-0.3, -0.25) is 4.79 Å². The number of methoxy groups -OCH3 is 1. The van der Waals surface area contributed by atoms with Crippen LogP contribution in [0.25, 0.3) is 0 Å². The predicted molar refractivity (Wildman–Crippen MR) is 62.0 cm³/mol. The first-order chi connectivity index (χ1) is 8.08. The molecular formula is C10H14N2O4S. The van der Waals surface area contributed by atoms with Crippen LogP contribution in [-0.4, -0.2) is 35.2 Å². The van der Waals surface area contributed by atoms with Gasteiger partial charge >= 0.3 is 5.97 Å². The first kappa shape index (κ1) is 13.6. The maximum absolute atomic E-state index is 11.5. The molecule has 7 heteroatoms.